The Labute approximate surface area is 66.6 Å². The molecule has 0 bridgehead atoms. The van der Waals surface area contributed by atoms with Crippen molar-refractivity contribution >= 4 is 0 Å². The molecule has 0 aromatic heterocycles. The molecule has 0 unspecified atom stereocenters. The number of halogens is 3. The molecular weight excluding hydrogens is 173 g/mol. The van der Waals surface area contributed by atoms with Crippen molar-refractivity contribution in [3.63, 3.8) is 0 Å². The molecule has 0 aromatic carbocycles. The number of hydrogen-bond donors (Lipinski definition) is 2. The SMILES string of the molecule is OC1(O)C=CC=C(C(F)(F)F)C1. The zero-order valence-corrected chi connectivity index (χ0v) is 5.97. The summed E-state index contributed by atoms with van der Waals surface area (Å²) in [6, 6.07) is 0. The second kappa shape index (κ2) is 2.60. The molecule has 0 aliphatic heterocycles. The fraction of sp³-hybridized carbons (Fsp3) is 0.429. The Morgan fingerprint density at radius 3 is 2.25 bits per heavy atom. The third kappa shape index (κ3) is 2.09. The average molecular weight is 180 g/mol. The van der Waals surface area contributed by atoms with E-state index in [4.69, 9.17) is 10.2 Å². The maximum Gasteiger partial charge on any atom is 0.412 e. The molecule has 0 fully saturated rings. The number of alkyl halides is 3. The molecule has 0 aromatic rings. The van der Waals surface area contributed by atoms with E-state index in [-0.39, 0.29) is 0 Å². The summed E-state index contributed by atoms with van der Waals surface area (Å²) in [7, 11) is 0. The molecular formula is C7H7F3O2. The number of rotatable bonds is 0. The minimum atomic E-state index is -4.48. The summed E-state index contributed by atoms with van der Waals surface area (Å²) in [6.07, 6.45) is -2.59. The highest BCUT2D eigenvalue weighted by molar-refractivity contribution is 5.25. The molecule has 0 radical (unpaired) electrons. The number of aliphatic hydroxyl groups is 2. The van der Waals surface area contributed by atoms with Crippen LogP contribution in [0, 0.1) is 0 Å². The van der Waals surface area contributed by atoms with E-state index in [1.54, 1.807) is 0 Å². The Hall–Kier alpha value is -0.810. The largest absolute Gasteiger partial charge is 0.412 e. The van der Waals surface area contributed by atoms with Crippen LogP contribution in [0.25, 0.3) is 0 Å². The molecule has 0 saturated carbocycles. The van der Waals surface area contributed by atoms with Crippen LogP contribution >= 0.6 is 0 Å². The van der Waals surface area contributed by atoms with Crippen molar-refractivity contribution in [3.05, 3.63) is 23.8 Å². The van der Waals surface area contributed by atoms with Crippen molar-refractivity contribution in [3.8, 4) is 0 Å². The molecule has 2 N–H and O–H groups in total. The van der Waals surface area contributed by atoms with Gasteiger partial charge in [-0.25, -0.2) is 0 Å². The van der Waals surface area contributed by atoms with Crippen molar-refractivity contribution in [1.29, 1.82) is 0 Å². The van der Waals surface area contributed by atoms with Gasteiger partial charge in [0.05, 0.1) is 0 Å². The molecule has 2 nitrogen and oxygen atoms in total. The molecule has 5 heteroatoms. The lowest BCUT2D eigenvalue weighted by Crippen LogP contribution is -2.31. The van der Waals surface area contributed by atoms with E-state index in [2.05, 4.69) is 0 Å². The summed E-state index contributed by atoms with van der Waals surface area (Å²) in [5, 5.41) is 17.7. The van der Waals surface area contributed by atoms with Crippen LogP contribution in [0.2, 0.25) is 0 Å². The van der Waals surface area contributed by atoms with Crippen LogP contribution in [-0.4, -0.2) is 22.2 Å². The van der Waals surface area contributed by atoms with Crippen molar-refractivity contribution in [2.24, 2.45) is 0 Å². The first-order valence-corrected chi connectivity index (χ1v) is 3.22. The Bertz CT molecular complexity index is 238. The van der Waals surface area contributed by atoms with Gasteiger partial charge in [0.1, 0.15) is 0 Å². The lowest BCUT2D eigenvalue weighted by atomic mass is 9.99. The quantitative estimate of drug-likeness (QED) is 0.548. The summed E-state index contributed by atoms with van der Waals surface area (Å²) >= 11 is 0. The molecule has 0 heterocycles. The predicted molar refractivity (Wildman–Crippen MR) is 35.1 cm³/mol. The van der Waals surface area contributed by atoms with Gasteiger partial charge in [-0.3, -0.25) is 0 Å². The van der Waals surface area contributed by atoms with Gasteiger partial charge in [-0.15, -0.1) is 0 Å². The van der Waals surface area contributed by atoms with E-state index >= 15 is 0 Å². The van der Waals surface area contributed by atoms with Gasteiger partial charge in [-0.05, 0) is 6.08 Å². The monoisotopic (exact) mass is 180 g/mol. The van der Waals surface area contributed by atoms with Crippen LogP contribution in [-0.2, 0) is 0 Å². The first-order valence-electron chi connectivity index (χ1n) is 3.22. The van der Waals surface area contributed by atoms with Crippen molar-refractivity contribution in [2.75, 3.05) is 0 Å². The minimum absolute atomic E-state index is 0.812. The van der Waals surface area contributed by atoms with Gasteiger partial charge < -0.3 is 10.2 Å². The molecule has 1 aliphatic rings. The molecule has 68 valence electrons. The van der Waals surface area contributed by atoms with Crippen LogP contribution in [0.15, 0.2) is 23.8 Å². The maximum atomic E-state index is 12.0. The van der Waals surface area contributed by atoms with E-state index in [0.717, 1.165) is 18.2 Å². The summed E-state index contributed by atoms with van der Waals surface area (Å²) in [4.78, 5) is 0. The van der Waals surface area contributed by atoms with Gasteiger partial charge in [-0.2, -0.15) is 13.2 Å². The van der Waals surface area contributed by atoms with Gasteiger partial charge in [0.25, 0.3) is 0 Å². The van der Waals surface area contributed by atoms with Crippen molar-refractivity contribution in [1.82, 2.24) is 0 Å². The van der Waals surface area contributed by atoms with Gasteiger partial charge in [0.2, 0.25) is 0 Å². The van der Waals surface area contributed by atoms with Gasteiger partial charge in [0.15, 0.2) is 5.79 Å². The minimum Gasteiger partial charge on any atom is -0.362 e. The fourth-order valence-corrected chi connectivity index (χ4v) is 0.911. The highest BCUT2D eigenvalue weighted by Crippen LogP contribution is 2.33. The normalized spacial score (nSPS) is 22.2. The molecule has 1 rings (SSSR count). The van der Waals surface area contributed by atoms with Crippen LogP contribution in [0.4, 0.5) is 13.2 Å². The standard InChI is InChI=1S/C7H7F3O2/c8-7(9,10)5-2-1-3-6(11,12)4-5/h1-3,11-12H,4H2. The number of allylic oxidation sites excluding steroid dienone is 2. The van der Waals surface area contributed by atoms with E-state index < -0.39 is 24.0 Å². The van der Waals surface area contributed by atoms with Crippen LogP contribution in [0.3, 0.4) is 0 Å². The first kappa shape index (κ1) is 9.28. The Kier molecular flexibility index (Phi) is 2.01. The predicted octanol–water partition coefficient (Wildman–Crippen LogP) is 1.12. The van der Waals surface area contributed by atoms with Crippen molar-refractivity contribution in [2.45, 2.75) is 18.4 Å². The second-order valence-electron chi connectivity index (χ2n) is 2.60. The highest BCUT2D eigenvalue weighted by atomic mass is 19.4. The molecule has 0 spiro atoms. The summed E-state index contributed by atoms with van der Waals surface area (Å²) in [6.45, 7) is 0. The van der Waals surface area contributed by atoms with Gasteiger partial charge >= 0.3 is 6.18 Å². The van der Waals surface area contributed by atoms with E-state index in [9.17, 15) is 13.2 Å². The van der Waals surface area contributed by atoms with E-state index in [0.29, 0.717) is 0 Å². The maximum absolute atomic E-state index is 12.0. The summed E-state index contributed by atoms with van der Waals surface area (Å²) in [5.74, 6) is -2.36. The molecule has 1 aliphatic carbocycles. The van der Waals surface area contributed by atoms with Crippen LogP contribution < -0.4 is 0 Å². The van der Waals surface area contributed by atoms with E-state index in [1.807, 2.05) is 0 Å². The van der Waals surface area contributed by atoms with Gasteiger partial charge in [-0.1, -0.05) is 12.2 Å². The third-order valence-electron chi connectivity index (χ3n) is 1.48. The first-order chi connectivity index (χ1) is 5.31. The van der Waals surface area contributed by atoms with Crippen molar-refractivity contribution < 1.29 is 23.4 Å². The average Bonchev–Trinajstić information content (AvgIpc) is 1.83. The zero-order chi connectivity index (χ0) is 9.41. The summed E-state index contributed by atoms with van der Waals surface area (Å²) < 4.78 is 35.9. The lowest BCUT2D eigenvalue weighted by molar-refractivity contribution is -0.143. The molecule has 0 atom stereocenters. The van der Waals surface area contributed by atoms with Crippen LogP contribution in [0.5, 0.6) is 0 Å². The second-order valence-corrected chi connectivity index (χ2v) is 2.60. The molecule has 12 heavy (non-hydrogen) atoms. The lowest BCUT2D eigenvalue weighted by Gasteiger charge is -2.23. The van der Waals surface area contributed by atoms with E-state index in [1.165, 1.54) is 0 Å². The number of hydrogen-bond acceptors (Lipinski definition) is 2. The molecule has 0 amide bonds. The van der Waals surface area contributed by atoms with Crippen LogP contribution in [0.1, 0.15) is 6.42 Å². The zero-order valence-electron chi connectivity index (χ0n) is 5.97. The third-order valence-corrected chi connectivity index (χ3v) is 1.48. The highest BCUT2D eigenvalue weighted by Gasteiger charge is 2.39. The van der Waals surface area contributed by atoms with Gasteiger partial charge in [0, 0.05) is 12.0 Å². The topological polar surface area (TPSA) is 40.5 Å². The Morgan fingerprint density at radius 2 is 1.92 bits per heavy atom. The Balaban J connectivity index is 2.84. The smallest absolute Gasteiger partial charge is 0.362 e. The summed E-state index contributed by atoms with van der Waals surface area (Å²) in [5.41, 5.74) is -0.935. The molecule has 0 saturated heterocycles. The Morgan fingerprint density at radius 1 is 1.33 bits per heavy atom. The fourth-order valence-electron chi connectivity index (χ4n) is 0.911.